The quantitative estimate of drug-likeness (QED) is 0.228. The van der Waals surface area contributed by atoms with Gasteiger partial charge in [0.15, 0.2) is 0 Å². The van der Waals surface area contributed by atoms with Crippen LogP contribution in [0.3, 0.4) is 0 Å². The van der Waals surface area contributed by atoms with Crippen LogP contribution < -0.4 is 0 Å². The van der Waals surface area contributed by atoms with E-state index in [1.165, 1.54) is 0 Å². The van der Waals surface area contributed by atoms with Crippen LogP contribution in [0.15, 0.2) is 0 Å². The zero-order valence-electron chi connectivity index (χ0n) is 8.30. The molecule has 0 aromatic carbocycles. The Morgan fingerprint density at radius 2 is 1.56 bits per heavy atom. The average molecular weight is 237 g/mol. The molecule has 0 saturated heterocycles. The highest BCUT2D eigenvalue weighted by Crippen LogP contribution is 2.16. The van der Waals surface area contributed by atoms with Crippen LogP contribution in [-0.4, -0.2) is 79.0 Å². The lowest BCUT2D eigenvalue weighted by Crippen LogP contribution is -2.56. The second-order valence-electron chi connectivity index (χ2n) is 3.37. The van der Waals surface area contributed by atoms with Gasteiger partial charge in [-0.1, -0.05) is 0 Å². The van der Waals surface area contributed by atoms with Crippen molar-refractivity contribution in [2.45, 2.75) is 30.0 Å². The van der Waals surface area contributed by atoms with Crippen LogP contribution in [0.1, 0.15) is 0 Å². The summed E-state index contributed by atoms with van der Waals surface area (Å²) in [6.07, 6.45) is -8.00. The van der Waals surface area contributed by atoms with Crippen molar-refractivity contribution in [2.75, 3.05) is 13.2 Å². The molecule has 0 aliphatic carbocycles. The van der Waals surface area contributed by atoms with E-state index in [-0.39, 0.29) is 0 Å². The van der Waals surface area contributed by atoms with Gasteiger partial charge in [0, 0.05) is 0 Å². The van der Waals surface area contributed by atoms with E-state index in [0.717, 1.165) is 6.07 Å². The summed E-state index contributed by atoms with van der Waals surface area (Å²) in [5, 5.41) is 71.6. The Balaban J connectivity index is 4.73. The van der Waals surface area contributed by atoms with Crippen molar-refractivity contribution in [1.29, 1.82) is 5.26 Å². The highest BCUT2D eigenvalue weighted by Gasteiger charge is 2.44. The summed E-state index contributed by atoms with van der Waals surface area (Å²) >= 11 is 0. The first kappa shape index (κ1) is 15.2. The molecular formula is C8H15NO7. The lowest BCUT2D eigenvalue weighted by Gasteiger charge is -2.31. The lowest BCUT2D eigenvalue weighted by atomic mass is 9.90. The zero-order chi connectivity index (χ0) is 12.9. The summed E-state index contributed by atoms with van der Waals surface area (Å²) in [4.78, 5) is 0. The molecule has 0 heterocycles. The normalized spacial score (nSPS) is 22.6. The van der Waals surface area contributed by atoms with E-state index in [2.05, 4.69) is 0 Å². The fraction of sp³-hybridized carbons (Fsp3) is 0.875. The molecule has 0 aromatic heterocycles. The second-order valence-corrected chi connectivity index (χ2v) is 3.37. The number of hydrogen-bond acceptors (Lipinski definition) is 8. The first-order chi connectivity index (χ1) is 7.33. The van der Waals surface area contributed by atoms with Crippen LogP contribution in [0.2, 0.25) is 0 Å². The Morgan fingerprint density at radius 1 is 1.06 bits per heavy atom. The van der Waals surface area contributed by atoms with Gasteiger partial charge in [-0.2, -0.15) is 5.26 Å². The maximum Gasteiger partial charge on any atom is 0.202 e. The van der Waals surface area contributed by atoms with E-state index >= 15 is 0 Å². The minimum absolute atomic E-state index is 0.880. The molecule has 0 bridgehead atoms. The van der Waals surface area contributed by atoms with Crippen molar-refractivity contribution >= 4 is 0 Å². The molecular weight excluding hydrogens is 222 g/mol. The maximum absolute atomic E-state index is 9.32. The molecule has 8 nitrogen and oxygen atoms in total. The van der Waals surface area contributed by atoms with E-state index in [9.17, 15) is 20.4 Å². The zero-order valence-corrected chi connectivity index (χ0v) is 8.30. The van der Waals surface area contributed by atoms with Crippen molar-refractivity contribution in [2.24, 2.45) is 0 Å². The molecule has 0 saturated carbocycles. The van der Waals surface area contributed by atoms with Gasteiger partial charge in [-0.05, 0) is 0 Å². The Bertz CT molecular complexity index is 255. The molecule has 0 aromatic rings. The molecule has 8 heteroatoms. The monoisotopic (exact) mass is 237 g/mol. The third kappa shape index (κ3) is 3.10. The fourth-order valence-electron chi connectivity index (χ4n) is 1.000. The molecule has 0 aliphatic rings. The summed E-state index contributed by atoms with van der Waals surface area (Å²) in [7, 11) is 0. The van der Waals surface area contributed by atoms with Crippen molar-refractivity contribution in [3.8, 4) is 6.07 Å². The number of hydrogen-bond donors (Lipinski definition) is 7. The van der Waals surface area contributed by atoms with Gasteiger partial charge in [0.1, 0.15) is 30.5 Å². The van der Waals surface area contributed by atoms with Gasteiger partial charge in [-0.3, -0.25) is 0 Å². The molecule has 7 N–H and O–H groups in total. The smallest absolute Gasteiger partial charge is 0.202 e. The topological polar surface area (TPSA) is 165 Å². The number of nitriles is 1. The SMILES string of the molecule is N#C[C@](O)(CO)[C@@H](O)[C@@H](O)[C@@H](O)[C@H](O)CO. The number of aliphatic hydroxyl groups excluding tert-OH is 6. The Kier molecular flexibility index (Phi) is 5.77. The molecule has 0 aliphatic heterocycles. The van der Waals surface area contributed by atoms with Crippen molar-refractivity contribution in [1.82, 2.24) is 0 Å². The van der Waals surface area contributed by atoms with Gasteiger partial charge in [-0.15, -0.1) is 0 Å². The van der Waals surface area contributed by atoms with Crippen LogP contribution in [0, 0.1) is 11.3 Å². The maximum atomic E-state index is 9.32. The van der Waals surface area contributed by atoms with E-state index in [4.69, 9.17) is 20.6 Å². The minimum atomic E-state index is -2.66. The first-order valence-electron chi connectivity index (χ1n) is 4.41. The molecule has 5 atom stereocenters. The number of nitrogens with zero attached hydrogens (tertiary/aromatic N) is 1. The van der Waals surface area contributed by atoms with Gasteiger partial charge in [0.2, 0.25) is 5.60 Å². The van der Waals surface area contributed by atoms with Gasteiger partial charge in [0.05, 0.1) is 13.2 Å². The lowest BCUT2D eigenvalue weighted by molar-refractivity contribution is -0.165. The van der Waals surface area contributed by atoms with Gasteiger partial charge in [-0.25, -0.2) is 0 Å². The fourth-order valence-corrected chi connectivity index (χ4v) is 1.000. The number of aliphatic hydroxyl groups is 7. The Morgan fingerprint density at radius 3 is 1.88 bits per heavy atom. The average Bonchev–Trinajstić information content (AvgIpc) is 2.33. The highest BCUT2D eigenvalue weighted by atomic mass is 16.4. The molecule has 0 rings (SSSR count). The third-order valence-electron chi connectivity index (χ3n) is 2.18. The molecule has 16 heavy (non-hydrogen) atoms. The molecule has 0 fully saturated rings. The summed E-state index contributed by atoms with van der Waals surface area (Å²) < 4.78 is 0. The molecule has 0 spiro atoms. The van der Waals surface area contributed by atoms with Crippen molar-refractivity contribution in [3.63, 3.8) is 0 Å². The van der Waals surface area contributed by atoms with Crippen molar-refractivity contribution < 1.29 is 35.7 Å². The Hall–Kier alpha value is -0.790. The van der Waals surface area contributed by atoms with Crippen LogP contribution in [0.25, 0.3) is 0 Å². The summed E-state index contributed by atoms with van der Waals surface area (Å²) in [6.45, 7) is -2.04. The summed E-state index contributed by atoms with van der Waals surface area (Å²) in [6, 6.07) is 1.16. The second kappa shape index (κ2) is 6.07. The first-order valence-corrected chi connectivity index (χ1v) is 4.41. The summed E-state index contributed by atoms with van der Waals surface area (Å²) in [5.74, 6) is 0. The van der Waals surface area contributed by atoms with Gasteiger partial charge in [0.25, 0.3) is 0 Å². The van der Waals surface area contributed by atoms with E-state index in [0.29, 0.717) is 0 Å². The molecule has 0 amide bonds. The van der Waals surface area contributed by atoms with Gasteiger partial charge >= 0.3 is 0 Å². The molecule has 94 valence electrons. The highest BCUT2D eigenvalue weighted by molar-refractivity contribution is 5.08. The van der Waals surface area contributed by atoms with Crippen LogP contribution in [-0.2, 0) is 0 Å². The predicted molar refractivity (Wildman–Crippen MR) is 48.8 cm³/mol. The minimum Gasteiger partial charge on any atom is -0.394 e. The van der Waals surface area contributed by atoms with E-state index < -0.39 is 43.2 Å². The third-order valence-corrected chi connectivity index (χ3v) is 2.18. The van der Waals surface area contributed by atoms with Crippen LogP contribution in [0.4, 0.5) is 0 Å². The van der Waals surface area contributed by atoms with Gasteiger partial charge < -0.3 is 35.7 Å². The standard InChI is InChI=1S/C8H15NO7/c9-2-8(16,3-11)7(15)6(14)5(13)4(12)1-10/h4-7,10-16H,1,3H2/t4-,5+,6+,7+,8+/m1/s1. The largest absolute Gasteiger partial charge is 0.394 e. The molecule has 0 unspecified atom stereocenters. The summed E-state index contributed by atoms with van der Waals surface area (Å²) in [5.41, 5.74) is -2.66. The number of rotatable bonds is 6. The molecule has 0 radical (unpaired) electrons. The Labute approximate surface area is 91.2 Å². The van der Waals surface area contributed by atoms with E-state index in [1.807, 2.05) is 0 Å². The predicted octanol–water partition coefficient (Wildman–Crippen LogP) is -4.33. The van der Waals surface area contributed by atoms with E-state index in [1.54, 1.807) is 0 Å². The van der Waals surface area contributed by atoms with Crippen LogP contribution >= 0.6 is 0 Å². The van der Waals surface area contributed by atoms with Crippen LogP contribution in [0.5, 0.6) is 0 Å². The van der Waals surface area contributed by atoms with Crippen molar-refractivity contribution in [3.05, 3.63) is 0 Å².